The van der Waals surface area contributed by atoms with Crippen LogP contribution in [0.5, 0.6) is 5.75 Å². The second-order valence-electron chi connectivity index (χ2n) is 6.50. The van der Waals surface area contributed by atoms with Crippen LogP contribution in [-0.4, -0.2) is 57.5 Å². The zero-order valence-corrected chi connectivity index (χ0v) is 15.3. The summed E-state index contributed by atoms with van der Waals surface area (Å²) >= 11 is 0. The van der Waals surface area contributed by atoms with Crippen molar-refractivity contribution in [2.24, 2.45) is 5.92 Å². The van der Waals surface area contributed by atoms with Gasteiger partial charge in [0.1, 0.15) is 11.5 Å². The van der Waals surface area contributed by atoms with Gasteiger partial charge in [0.15, 0.2) is 9.84 Å². The Morgan fingerprint density at radius 2 is 2.08 bits per heavy atom. The molecule has 1 unspecified atom stereocenters. The summed E-state index contributed by atoms with van der Waals surface area (Å²) in [6.45, 7) is 5.39. The maximum absolute atomic E-state index is 12.7. The monoisotopic (exact) mass is 354 g/mol. The van der Waals surface area contributed by atoms with Gasteiger partial charge in [-0.05, 0) is 12.0 Å². The van der Waals surface area contributed by atoms with Gasteiger partial charge in [-0.25, -0.2) is 8.42 Å². The molecule has 1 aliphatic heterocycles. The van der Waals surface area contributed by atoms with E-state index in [4.69, 9.17) is 4.74 Å². The number of amides is 1. The van der Waals surface area contributed by atoms with Crippen LogP contribution >= 0.6 is 0 Å². The fourth-order valence-electron chi connectivity index (χ4n) is 3.06. The number of nitrogens with one attached hydrogen (secondary N) is 1. The van der Waals surface area contributed by atoms with E-state index >= 15 is 0 Å². The minimum atomic E-state index is -3.39. The number of sulfone groups is 1. The van der Waals surface area contributed by atoms with Gasteiger partial charge in [0, 0.05) is 25.2 Å². The van der Waals surface area contributed by atoms with E-state index < -0.39 is 15.6 Å². The Bertz CT molecular complexity index is 673. The van der Waals surface area contributed by atoms with E-state index in [9.17, 15) is 13.2 Å². The van der Waals surface area contributed by atoms with E-state index in [1.165, 1.54) is 0 Å². The van der Waals surface area contributed by atoms with Gasteiger partial charge in [-0.3, -0.25) is 4.79 Å². The average Bonchev–Trinajstić information content (AvgIpc) is 2.53. The SMILES string of the molecule is COc1ccccc1C1CNCCN1C(=O)CS(=O)(=O)CC(C)C. The lowest BCUT2D eigenvalue weighted by molar-refractivity contribution is -0.131. The molecule has 24 heavy (non-hydrogen) atoms. The minimum Gasteiger partial charge on any atom is -0.496 e. The molecule has 1 N–H and O–H groups in total. The van der Waals surface area contributed by atoms with Crippen molar-refractivity contribution in [3.63, 3.8) is 0 Å². The van der Waals surface area contributed by atoms with Crippen molar-refractivity contribution in [1.82, 2.24) is 10.2 Å². The molecule has 7 heteroatoms. The first-order valence-electron chi connectivity index (χ1n) is 8.17. The molecule has 1 saturated heterocycles. The molecule has 0 aromatic heterocycles. The summed E-state index contributed by atoms with van der Waals surface area (Å²) in [6, 6.07) is 7.31. The van der Waals surface area contributed by atoms with Gasteiger partial charge >= 0.3 is 0 Å². The van der Waals surface area contributed by atoms with Gasteiger partial charge in [0.2, 0.25) is 5.91 Å². The lowest BCUT2D eigenvalue weighted by Gasteiger charge is -2.37. The molecule has 0 saturated carbocycles. The number of carbonyl (C=O) groups is 1. The molecule has 1 aliphatic rings. The van der Waals surface area contributed by atoms with E-state index in [1.54, 1.807) is 12.0 Å². The predicted molar refractivity (Wildman–Crippen MR) is 93.8 cm³/mol. The summed E-state index contributed by atoms with van der Waals surface area (Å²) in [5.41, 5.74) is 0.891. The number of benzene rings is 1. The molecule has 2 rings (SSSR count). The third kappa shape index (κ3) is 4.70. The molecule has 0 spiro atoms. The summed E-state index contributed by atoms with van der Waals surface area (Å²) < 4.78 is 29.7. The van der Waals surface area contributed by atoms with Crippen LogP contribution in [0.1, 0.15) is 25.5 Å². The first kappa shape index (κ1) is 18.7. The lowest BCUT2D eigenvalue weighted by Crippen LogP contribution is -2.50. The molecule has 1 fully saturated rings. The number of hydrogen-bond donors (Lipinski definition) is 1. The summed E-state index contributed by atoms with van der Waals surface area (Å²) in [7, 11) is -1.80. The highest BCUT2D eigenvalue weighted by molar-refractivity contribution is 7.92. The zero-order valence-electron chi connectivity index (χ0n) is 14.5. The van der Waals surface area contributed by atoms with Crippen molar-refractivity contribution < 1.29 is 17.9 Å². The number of rotatable bonds is 6. The summed E-state index contributed by atoms with van der Waals surface area (Å²) in [4.78, 5) is 14.3. The predicted octanol–water partition coefficient (Wildman–Crippen LogP) is 1.24. The molecule has 0 radical (unpaired) electrons. The van der Waals surface area contributed by atoms with Crippen molar-refractivity contribution in [1.29, 1.82) is 0 Å². The largest absolute Gasteiger partial charge is 0.496 e. The number of para-hydroxylation sites is 1. The van der Waals surface area contributed by atoms with Crippen molar-refractivity contribution in [3.8, 4) is 5.75 Å². The first-order chi connectivity index (χ1) is 11.3. The standard InChI is InChI=1S/C17H26N2O4S/c1-13(2)11-24(21,22)12-17(20)19-9-8-18-10-15(19)14-6-4-5-7-16(14)23-3/h4-7,13,15,18H,8-12H2,1-3H3. The summed E-state index contributed by atoms with van der Waals surface area (Å²) in [6.07, 6.45) is 0. The van der Waals surface area contributed by atoms with Gasteiger partial charge in [-0.2, -0.15) is 0 Å². The van der Waals surface area contributed by atoms with Gasteiger partial charge in [-0.1, -0.05) is 32.0 Å². The Kier molecular flexibility index (Phi) is 6.23. The summed E-state index contributed by atoms with van der Waals surface area (Å²) in [5.74, 6) is -0.0287. The Labute approximate surface area is 144 Å². The van der Waals surface area contributed by atoms with Crippen molar-refractivity contribution in [2.75, 3.05) is 38.2 Å². The van der Waals surface area contributed by atoms with Crippen molar-refractivity contribution in [2.45, 2.75) is 19.9 Å². The second-order valence-corrected chi connectivity index (χ2v) is 8.61. The van der Waals surface area contributed by atoms with E-state index in [0.29, 0.717) is 25.4 Å². The average molecular weight is 354 g/mol. The van der Waals surface area contributed by atoms with E-state index in [2.05, 4.69) is 5.32 Å². The fourth-order valence-corrected chi connectivity index (χ4v) is 4.74. The molecule has 6 nitrogen and oxygen atoms in total. The lowest BCUT2D eigenvalue weighted by atomic mass is 10.0. The Balaban J connectivity index is 2.21. The fraction of sp³-hybridized carbons (Fsp3) is 0.588. The molecule has 1 aromatic carbocycles. The van der Waals surface area contributed by atoms with E-state index in [0.717, 1.165) is 5.56 Å². The quantitative estimate of drug-likeness (QED) is 0.832. The molecule has 0 bridgehead atoms. The maximum atomic E-state index is 12.7. The van der Waals surface area contributed by atoms with Crippen LogP contribution in [0, 0.1) is 5.92 Å². The number of nitrogens with zero attached hydrogens (tertiary/aromatic N) is 1. The molecule has 1 heterocycles. The highest BCUT2D eigenvalue weighted by Gasteiger charge is 2.32. The van der Waals surface area contributed by atoms with Crippen molar-refractivity contribution in [3.05, 3.63) is 29.8 Å². The van der Waals surface area contributed by atoms with Crippen LogP contribution in [0.25, 0.3) is 0 Å². The Morgan fingerprint density at radius 1 is 1.38 bits per heavy atom. The number of hydrogen-bond acceptors (Lipinski definition) is 5. The second kappa shape index (κ2) is 7.98. The number of methoxy groups -OCH3 is 1. The number of piperazine rings is 1. The third-order valence-corrected chi connectivity index (χ3v) is 5.85. The third-order valence-electron chi connectivity index (χ3n) is 3.99. The van der Waals surface area contributed by atoms with Crippen LogP contribution in [0.3, 0.4) is 0 Å². The smallest absolute Gasteiger partial charge is 0.238 e. The Hall–Kier alpha value is -1.60. The highest BCUT2D eigenvalue weighted by Crippen LogP contribution is 2.30. The van der Waals surface area contributed by atoms with Crippen molar-refractivity contribution >= 4 is 15.7 Å². The minimum absolute atomic E-state index is 0.0100. The van der Waals surface area contributed by atoms with Gasteiger partial charge in [0.25, 0.3) is 0 Å². The van der Waals surface area contributed by atoms with Crippen LogP contribution in [0.4, 0.5) is 0 Å². The van der Waals surface area contributed by atoms with Crippen LogP contribution in [0.2, 0.25) is 0 Å². The Morgan fingerprint density at radius 3 is 2.75 bits per heavy atom. The number of carbonyl (C=O) groups excluding carboxylic acids is 1. The number of ether oxygens (including phenoxy) is 1. The molecule has 1 atom stereocenters. The summed E-state index contributed by atoms with van der Waals surface area (Å²) in [5, 5.41) is 3.27. The van der Waals surface area contributed by atoms with Gasteiger partial charge in [0.05, 0.1) is 18.9 Å². The van der Waals surface area contributed by atoms with Crippen LogP contribution in [-0.2, 0) is 14.6 Å². The van der Waals surface area contributed by atoms with Crippen LogP contribution < -0.4 is 10.1 Å². The highest BCUT2D eigenvalue weighted by atomic mass is 32.2. The molecular formula is C17H26N2O4S. The normalized spacial score (nSPS) is 18.7. The van der Waals surface area contributed by atoms with Crippen LogP contribution in [0.15, 0.2) is 24.3 Å². The molecule has 1 aromatic rings. The molecular weight excluding hydrogens is 328 g/mol. The topological polar surface area (TPSA) is 75.7 Å². The molecule has 134 valence electrons. The molecule has 0 aliphatic carbocycles. The van der Waals surface area contributed by atoms with E-state index in [1.807, 2.05) is 38.1 Å². The van der Waals surface area contributed by atoms with E-state index in [-0.39, 0.29) is 23.6 Å². The molecule has 1 amide bonds. The maximum Gasteiger partial charge on any atom is 0.238 e. The first-order valence-corrected chi connectivity index (χ1v) is 9.99. The zero-order chi connectivity index (χ0) is 17.7. The van der Waals surface area contributed by atoms with Gasteiger partial charge < -0.3 is 15.0 Å². The van der Waals surface area contributed by atoms with Gasteiger partial charge in [-0.15, -0.1) is 0 Å².